The summed E-state index contributed by atoms with van der Waals surface area (Å²) < 4.78 is 26.4. The number of hydrogen-bond donors (Lipinski definition) is 2. The molecule has 4 nitrogen and oxygen atoms in total. The number of nitrogens with zero attached hydrogens (tertiary/aromatic N) is 1. The topological polar surface area (TPSA) is 44.4 Å². The van der Waals surface area contributed by atoms with Gasteiger partial charge in [-0.05, 0) is 19.1 Å². The number of rotatable bonds is 3. The van der Waals surface area contributed by atoms with Crippen molar-refractivity contribution in [2.75, 3.05) is 31.5 Å². The summed E-state index contributed by atoms with van der Waals surface area (Å²) in [7, 11) is 0. The van der Waals surface area contributed by atoms with Crippen molar-refractivity contribution in [3.8, 4) is 0 Å². The van der Waals surface area contributed by atoms with Gasteiger partial charge in [0, 0.05) is 31.7 Å². The van der Waals surface area contributed by atoms with E-state index in [0.717, 1.165) is 37.8 Å². The summed E-state index contributed by atoms with van der Waals surface area (Å²) in [5, 5.41) is 5.62. The molecular formula is C13H18ClF2N3O. The van der Waals surface area contributed by atoms with Crippen molar-refractivity contribution in [1.82, 2.24) is 10.2 Å². The van der Waals surface area contributed by atoms with Gasteiger partial charge in [0.2, 0.25) is 5.91 Å². The first-order chi connectivity index (χ1) is 9.06. The molecule has 20 heavy (non-hydrogen) atoms. The van der Waals surface area contributed by atoms with Gasteiger partial charge in [-0.2, -0.15) is 0 Å². The molecule has 112 valence electrons. The van der Waals surface area contributed by atoms with Gasteiger partial charge in [-0.1, -0.05) is 0 Å². The van der Waals surface area contributed by atoms with Gasteiger partial charge in [0.15, 0.2) is 0 Å². The summed E-state index contributed by atoms with van der Waals surface area (Å²) in [6.45, 7) is 4.61. The third-order valence-electron chi connectivity index (χ3n) is 3.19. The van der Waals surface area contributed by atoms with Crippen LogP contribution in [0.2, 0.25) is 0 Å². The highest BCUT2D eigenvalue weighted by Gasteiger charge is 2.20. The minimum atomic E-state index is -0.636. The second-order valence-corrected chi connectivity index (χ2v) is 4.70. The van der Waals surface area contributed by atoms with Gasteiger partial charge < -0.3 is 10.6 Å². The highest BCUT2D eigenvalue weighted by atomic mass is 35.5. The van der Waals surface area contributed by atoms with Crippen molar-refractivity contribution < 1.29 is 13.6 Å². The zero-order chi connectivity index (χ0) is 13.8. The number of carbonyl (C=O) groups is 1. The maximum atomic E-state index is 13.4. The fraction of sp³-hybridized carbons (Fsp3) is 0.462. The van der Waals surface area contributed by atoms with Crippen LogP contribution in [0.3, 0.4) is 0 Å². The lowest BCUT2D eigenvalue weighted by molar-refractivity contribution is -0.118. The second-order valence-electron chi connectivity index (χ2n) is 4.70. The smallest absolute Gasteiger partial charge is 0.238 e. The lowest BCUT2D eigenvalue weighted by Gasteiger charge is -2.33. The van der Waals surface area contributed by atoms with E-state index in [0.29, 0.717) is 0 Å². The molecule has 7 heteroatoms. The molecule has 0 aliphatic carbocycles. The van der Waals surface area contributed by atoms with Crippen LogP contribution in [0.15, 0.2) is 18.2 Å². The number of benzene rings is 1. The maximum absolute atomic E-state index is 13.4. The Labute approximate surface area is 122 Å². The third-order valence-corrected chi connectivity index (χ3v) is 3.19. The number of anilines is 1. The van der Waals surface area contributed by atoms with E-state index in [1.807, 2.05) is 11.8 Å². The first-order valence-corrected chi connectivity index (χ1v) is 6.26. The van der Waals surface area contributed by atoms with E-state index in [1.54, 1.807) is 0 Å². The van der Waals surface area contributed by atoms with Gasteiger partial charge in [0.1, 0.15) is 11.6 Å². The van der Waals surface area contributed by atoms with Gasteiger partial charge >= 0.3 is 0 Å². The molecule has 1 saturated heterocycles. The highest BCUT2D eigenvalue weighted by molar-refractivity contribution is 5.92. The largest absolute Gasteiger partial charge is 0.322 e. The van der Waals surface area contributed by atoms with E-state index in [1.165, 1.54) is 0 Å². The summed E-state index contributed by atoms with van der Waals surface area (Å²) in [5.74, 6) is -1.55. The quantitative estimate of drug-likeness (QED) is 0.892. The average molecular weight is 306 g/mol. The van der Waals surface area contributed by atoms with Crippen LogP contribution in [0.5, 0.6) is 0 Å². The normalized spacial score (nSPS) is 19.2. The standard InChI is InChI=1S/C13H17F2N3O.ClH/c1-9-7-16-4-5-18(9)8-13(19)17-12-6-10(14)2-3-11(12)15;/h2-3,6,9,16H,4-5,7-8H2,1H3,(H,17,19);1H/t9-;/m1./s1. The molecule has 1 aliphatic heterocycles. The first-order valence-electron chi connectivity index (χ1n) is 6.26. The van der Waals surface area contributed by atoms with E-state index in [-0.39, 0.29) is 36.6 Å². The monoisotopic (exact) mass is 305 g/mol. The van der Waals surface area contributed by atoms with Crippen molar-refractivity contribution in [2.45, 2.75) is 13.0 Å². The van der Waals surface area contributed by atoms with E-state index in [4.69, 9.17) is 0 Å². The third kappa shape index (κ3) is 4.40. The molecule has 2 rings (SSSR count). The average Bonchev–Trinajstić information content (AvgIpc) is 2.37. The Bertz CT molecular complexity index is 473. The van der Waals surface area contributed by atoms with Crippen molar-refractivity contribution in [3.05, 3.63) is 29.8 Å². The molecule has 0 saturated carbocycles. The molecule has 1 aliphatic rings. The fourth-order valence-corrected chi connectivity index (χ4v) is 2.09. The van der Waals surface area contributed by atoms with Crippen molar-refractivity contribution in [2.24, 2.45) is 0 Å². The van der Waals surface area contributed by atoms with Crippen LogP contribution < -0.4 is 10.6 Å². The molecule has 0 radical (unpaired) electrons. The molecule has 1 heterocycles. The first kappa shape index (κ1) is 16.8. The van der Waals surface area contributed by atoms with Crippen LogP contribution in [0, 0.1) is 11.6 Å². The Morgan fingerprint density at radius 3 is 2.95 bits per heavy atom. The Kier molecular flexibility index (Phi) is 6.32. The summed E-state index contributed by atoms with van der Waals surface area (Å²) in [6.07, 6.45) is 0. The fourth-order valence-electron chi connectivity index (χ4n) is 2.09. The van der Waals surface area contributed by atoms with E-state index in [9.17, 15) is 13.6 Å². The number of hydrogen-bond acceptors (Lipinski definition) is 3. The predicted molar refractivity (Wildman–Crippen MR) is 76.1 cm³/mol. The van der Waals surface area contributed by atoms with E-state index >= 15 is 0 Å². The maximum Gasteiger partial charge on any atom is 0.238 e. The number of amides is 1. The lowest BCUT2D eigenvalue weighted by Crippen LogP contribution is -2.52. The molecule has 2 N–H and O–H groups in total. The van der Waals surface area contributed by atoms with Gasteiger partial charge in [0.05, 0.1) is 12.2 Å². The Morgan fingerprint density at radius 2 is 2.25 bits per heavy atom. The Morgan fingerprint density at radius 1 is 1.50 bits per heavy atom. The molecule has 0 bridgehead atoms. The van der Waals surface area contributed by atoms with Gasteiger partial charge in [0.25, 0.3) is 0 Å². The lowest BCUT2D eigenvalue weighted by atomic mass is 10.2. The van der Waals surface area contributed by atoms with Crippen LogP contribution in [0.4, 0.5) is 14.5 Å². The zero-order valence-corrected chi connectivity index (χ0v) is 12.0. The minimum Gasteiger partial charge on any atom is -0.322 e. The molecule has 0 aromatic heterocycles. The van der Waals surface area contributed by atoms with Crippen molar-refractivity contribution in [1.29, 1.82) is 0 Å². The molecular weight excluding hydrogens is 288 g/mol. The molecule has 1 atom stereocenters. The summed E-state index contributed by atoms with van der Waals surface area (Å²) in [6, 6.07) is 3.24. The van der Waals surface area contributed by atoms with Crippen molar-refractivity contribution in [3.63, 3.8) is 0 Å². The number of carbonyl (C=O) groups excluding carboxylic acids is 1. The van der Waals surface area contributed by atoms with Crippen LogP contribution in [0.1, 0.15) is 6.92 Å². The molecule has 0 spiro atoms. The van der Waals surface area contributed by atoms with Crippen LogP contribution in [-0.2, 0) is 4.79 Å². The second kappa shape index (κ2) is 7.52. The Hall–Kier alpha value is -1.24. The zero-order valence-electron chi connectivity index (χ0n) is 11.2. The summed E-state index contributed by atoms with van der Waals surface area (Å²) >= 11 is 0. The minimum absolute atomic E-state index is 0. The van der Waals surface area contributed by atoms with Gasteiger partial charge in [-0.25, -0.2) is 8.78 Å². The number of piperazine rings is 1. The molecule has 1 amide bonds. The molecule has 1 aromatic carbocycles. The van der Waals surface area contributed by atoms with Gasteiger partial charge in [-0.3, -0.25) is 9.69 Å². The molecule has 1 aromatic rings. The molecule has 0 unspecified atom stereocenters. The number of nitrogens with one attached hydrogen (secondary N) is 2. The highest BCUT2D eigenvalue weighted by Crippen LogP contribution is 2.15. The van der Waals surface area contributed by atoms with Crippen LogP contribution >= 0.6 is 12.4 Å². The number of halogens is 3. The predicted octanol–water partition coefficient (Wildman–Crippen LogP) is 1.62. The summed E-state index contributed by atoms with van der Waals surface area (Å²) in [5.41, 5.74) is -0.118. The van der Waals surface area contributed by atoms with E-state index < -0.39 is 11.6 Å². The Balaban J connectivity index is 0.00000200. The molecule has 1 fully saturated rings. The van der Waals surface area contributed by atoms with Crippen LogP contribution in [0.25, 0.3) is 0 Å². The summed E-state index contributed by atoms with van der Waals surface area (Å²) in [4.78, 5) is 13.8. The van der Waals surface area contributed by atoms with Crippen molar-refractivity contribution >= 4 is 24.0 Å². The SMILES string of the molecule is C[C@@H]1CNCCN1CC(=O)Nc1cc(F)ccc1F.Cl. The van der Waals surface area contributed by atoms with Gasteiger partial charge in [-0.15, -0.1) is 12.4 Å². The van der Waals surface area contributed by atoms with E-state index in [2.05, 4.69) is 10.6 Å². The van der Waals surface area contributed by atoms with Crippen LogP contribution in [-0.4, -0.2) is 43.0 Å².